The normalized spacial score (nSPS) is 10.6. The summed E-state index contributed by atoms with van der Waals surface area (Å²) in [5, 5.41) is 3.11. The van der Waals surface area contributed by atoms with Crippen LogP contribution in [0, 0.1) is 0 Å². The van der Waals surface area contributed by atoms with Gasteiger partial charge in [-0.05, 0) is 37.5 Å². The van der Waals surface area contributed by atoms with Gasteiger partial charge in [0.05, 0.1) is 18.9 Å². The smallest absolute Gasteiger partial charge is 0.306 e. The van der Waals surface area contributed by atoms with E-state index in [1.165, 1.54) is 0 Å². The van der Waals surface area contributed by atoms with E-state index in [4.69, 9.17) is 14.5 Å². The Morgan fingerprint density at radius 3 is 2.60 bits per heavy atom. The largest absolute Gasteiger partial charge is 0.494 e. The summed E-state index contributed by atoms with van der Waals surface area (Å²) < 4.78 is 10.8. The van der Waals surface area contributed by atoms with Gasteiger partial charge in [0, 0.05) is 31.0 Å². The fraction of sp³-hybridized carbons (Fsp3) is 0.333. The Morgan fingerprint density at radius 2 is 1.87 bits per heavy atom. The molecule has 3 aromatic rings. The quantitative estimate of drug-likeness (QED) is 0.312. The molecule has 158 valence electrons. The average molecular weight is 425 g/mol. The summed E-state index contributed by atoms with van der Waals surface area (Å²) in [7, 11) is 2.06. The van der Waals surface area contributed by atoms with Gasteiger partial charge in [-0.1, -0.05) is 42.5 Å². The highest BCUT2D eigenvalue weighted by molar-refractivity contribution is 7.14. The van der Waals surface area contributed by atoms with Crippen molar-refractivity contribution in [1.82, 2.24) is 4.98 Å². The third-order valence-corrected chi connectivity index (χ3v) is 5.60. The predicted octanol–water partition coefficient (Wildman–Crippen LogP) is 5.21. The molecule has 0 saturated heterocycles. The van der Waals surface area contributed by atoms with Crippen LogP contribution in [0.1, 0.15) is 25.3 Å². The molecule has 0 atom stereocenters. The van der Waals surface area contributed by atoms with Crippen molar-refractivity contribution in [3.8, 4) is 17.0 Å². The number of hydrogen-bond acceptors (Lipinski definition) is 6. The summed E-state index contributed by atoms with van der Waals surface area (Å²) in [6, 6.07) is 18.1. The second kappa shape index (κ2) is 11.4. The molecule has 3 rings (SSSR count). The Morgan fingerprint density at radius 1 is 1.10 bits per heavy atom. The lowest BCUT2D eigenvalue weighted by atomic mass is 10.1. The lowest BCUT2D eigenvalue weighted by Gasteiger charge is -2.15. The van der Waals surface area contributed by atoms with E-state index < -0.39 is 0 Å². The maximum absolute atomic E-state index is 11.4. The standard InChI is InChI=1S/C24H28N2O3S/c1-3-28-23(27)15-12-19-10-13-21(14-11-19)29-17-7-16-26(2)24-25-22(18-30-24)20-8-5-4-6-9-20/h4-6,8-11,13-14,18H,3,7,12,15-17H2,1-2H3. The Bertz CT molecular complexity index is 910. The molecule has 1 heterocycles. The predicted molar refractivity (Wildman–Crippen MR) is 122 cm³/mol. The topological polar surface area (TPSA) is 51.7 Å². The number of aromatic nitrogens is 1. The number of aryl methyl sites for hydroxylation is 1. The number of carbonyl (C=O) groups is 1. The van der Waals surface area contributed by atoms with Gasteiger partial charge in [0.15, 0.2) is 5.13 Å². The maximum Gasteiger partial charge on any atom is 0.306 e. The molecule has 2 aromatic carbocycles. The molecule has 0 bridgehead atoms. The Labute approximate surface area is 182 Å². The van der Waals surface area contributed by atoms with Crippen LogP contribution in [0.2, 0.25) is 0 Å². The zero-order valence-corrected chi connectivity index (χ0v) is 18.4. The summed E-state index contributed by atoms with van der Waals surface area (Å²) >= 11 is 1.66. The number of carbonyl (C=O) groups excluding carboxylic acids is 1. The highest BCUT2D eigenvalue weighted by atomic mass is 32.1. The van der Waals surface area contributed by atoms with Crippen molar-refractivity contribution in [3.63, 3.8) is 0 Å². The number of nitrogens with zero attached hydrogens (tertiary/aromatic N) is 2. The van der Waals surface area contributed by atoms with E-state index in [2.05, 4.69) is 29.5 Å². The monoisotopic (exact) mass is 424 g/mol. The fourth-order valence-corrected chi connectivity index (χ4v) is 3.83. The highest BCUT2D eigenvalue weighted by Crippen LogP contribution is 2.26. The van der Waals surface area contributed by atoms with Gasteiger partial charge < -0.3 is 14.4 Å². The van der Waals surface area contributed by atoms with E-state index in [0.29, 0.717) is 26.1 Å². The van der Waals surface area contributed by atoms with E-state index in [9.17, 15) is 4.79 Å². The van der Waals surface area contributed by atoms with Crippen molar-refractivity contribution in [2.45, 2.75) is 26.2 Å². The molecular weight excluding hydrogens is 396 g/mol. The second-order valence-corrected chi connectivity index (χ2v) is 7.79. The summed E-state index contributed by atoms with van der Waals surface area (Å²) in [5.74, 6) is 0.691. The van der Waals surface area contributed by atoms with Gasteiger partial charge >= 0.3 is 5.97 Å². The summed E-state index contributed by atoms with van der Waals surface area (Å²) in [5.41, 5.74) is 3.26. The summed E-state index contributed by atoms with van der Waals surface area (Å²) in [4.78, 5) is 18.3. The molecule has 0 saturated carbocycles. The first kappa shape index (κ1) is 21.8. The van der Waals surface area contributed by atoms with Crippen LogP contribution in [0.4, 0.5) is 5.13 Å². The summed E-state index contributed by atoms with van der Waals surface area (Å²) in [6.07, 6.45) is 1.99. The minimum absolute atomic E-state index is 0.155. The van der Waals surface area contributed by atoms with Crippen LogP contribution in [0.5, 0.6) is 5.75 Å². The van der Waals surface area contributed by atoms with Gasteiger partial charge in [0.2, 0.25) is 0 Å². The maximum atomic E-state index is 11.4. The Hall–Kier alpha value is -2.86. The van der Waals surface area contributed by atoms with Crippen molar-refractivity contribution in [1.29, 1.82) is 0 Å². The molecule has 0 radical (unpaired) electrons. The zero-order valence-electron chi connectivity index (χ0n) is 17.5. The molecule has 0 amide bonds. The first-order valence-electron chi connectivity index (χ1n) is 10.2. The third-order valence-electron chi connectivity index (χ3n) is 4.64. The Kier molecular flexibility index (Phi) is 8.27. The van der Waals surface area contributed by atoms with Crippen molar-refractivity contribution < 1.29 is 14.3 Å². The number of benzene rings is 2. The first-order valence-corrected chi connectivity index (χ1v) is 11.1. The van der Waals surface area contributed by atoms with Crippen molar-refractivity contribution in [2.75, 3.05) is 31.7 Å². The zero-order chi connectivity index (χ0) is 21.2. The van der Waals surface area contributed by atoms with Gasteiger partial charge in [0.1, 0.15) is 5.75 Å². The van der Waals surface area contributed by atoms with Crippen LogP contribution in [0.25, 0.3) is 11.3 Å². The summed E-state index contributed by atoms with van der Waals surface area (Å²) in [6.45, 7) is 3.76. The Balaban J connectivity index is 1.38. The van der Waals surface area contributed by atoms with Gasteiger partial charge in [-0.25, -0.2) is 4.98 Å². The minimum Gasteiger partial charge on any atom is -0.494 e. The minimum atomic E-state index is -0.155. The molecule has 0 unspecified atom stereocenters. The molecule has 0 N–H and O–H groups in total. The number of rotatable bonds is 11. The van der Waals surface area contributed by atoms with Crippen LogP contribution in [-0.2, 0) is 16.0 Å². The van der Waals surface area contributed by atoms with Crippen LogP contribution >= 0.6 is 11.3 Å². The fourth-order valence-electron chi connectivity index (χ4n) is 3.00. The molecule has 0 aliphatic carbocycles. The highest BCUT2D eigenvalue weighted by Gasteiger charge is 2.08. The lowest BCUT2D eigenvalue weighted by molar-refractivity contribution is -0.143. The average Bonchev–Trinajstić information content (AvgIpc) is 3.27. The van der Waals surface area contributed by atoms with Gasteiger partial charge in [-0.3, -0.25) is 4.79 Å². The van der Waals surface area contributed by atoms with E-state index in [-0.39, 0.29) is 5.97 Å². The van der Waals surface area contributed by atoms with Crippen LogP contribution in [0.15, 0.2) is 60.0 Å². The van der Waals surface area contributed by atoms with Gasteiger partial charge in [0.25, 0.3) is 0 Å². The molecule has 0 aliphatic heterocycles. The molecule has 0 aliphatic rings. The van der Waals surface area contributed by atoms with Crippen molar-refractivity contribution >= 4 is 22.4 Å². The van der Waals surface area contributed by atoms with Crippen molar-refractivity contribution in [3.05, 3.63) is 65.5 Å². The van der Waals surface area contributed by atoms with E-state index in [1.54, 1.807) is 11.3 Å². The number of anilines is 1. The lowest BCUT2D eigenvalue weighted by Crippen LogP contribution is -2.20. The SMILES string of the molecule is CCOC(=O)CCc1ccc(OCCCN(C)c2nc(-c3ccccc3)cs2)cc1. The van der Waals surface area contributed by atoms with Crippen LogP contribution < -0.4 is 9.64 Å². The molecular formula is C24H28N2O3S. The van der Waals surface area contributed by atoms with E-state index in [0.717, 1.165) is 40.7 Å². The molecule has 6 heteroatoms. The van der Waals surface area contributed by atoms with E-state index >= 15 is 0 Å². The molecule has 30 heavy (non-hydrogen) atoms. The molecule has 5 nitrogen and oxygen atoms in total. The number of esters is 1. The van der Waals surface area contributed by atoms with Gasteiger partial charge in [-0.15, -0.1) is 11.3 Å². The molecule has 0 spiro atoms. The van der Waals surface area contributed by atoms with Gasteiger partial charge in [-0.2, -0.15) is 0 Å². The number of thiazole rings is 1. The van der Waals surface area contributed by atoms with Crippen LogP contribution in [0.3, 0.4) is 0 Å². The van der Waals surface area contributed by atoms with Crippen LogP contribution in [-0.4, -0.2) is 37.8 Å². The second-order valence-electron chi connectivity index (χ2n) is 6.95. The van der Waals surface area contributed by atoms with Crippen molar-refractivity contribution in [2.24, 2.45) is 0 Å². The first-order chi connectivity index (χ1) is 14.7. The molecule has 0 fully saturated rings. The van der Waals surface area contributed by atoms with E-state index in [1.807, 2.05) is 49.4 Å². The molecule has 1 aromatic heterocycles. The number of ether oxygens (including phenoxy) is 2. The third kappa shape index (κ3) is 6.59. The number of hydrogen-bond donors (Lipinski definition) is 0.